The zero-order valence-electron chi connectivity index (χ0n) is 10.00. The van der Waals surface area contributed by atoms with Gasteiger partial charge in [0.05, 0.1) is 5.56 Å². The number of nitrogens with zero attached hydrogens (tertiary/aromatic N) is 1. The first-order valence-electron chi connectivity index (χ1n) is 5.82. The van der Waals surface area contributed by atoms with Crippen LogP contribution in [0.4, 0.5) is 8.78 Å². The van der Waals surface area contributed by atoms with Gasteiger partial charge in [-0.3, -0.25) is 4.79 Å². The standard InChI is InChI=1S/C13H14BrF2NO/c1-17(7-8-4-9(14)5-8)13(18)11-3-2-10(15)6-12(11)16/h2-3,6,8-9H,4-5,7H2,1H3. The highest BCUT2D eigenvalue weighted by molar-refractivity contribution is 9.09. The molecule has 98 valence electrons. The maximum atomic E-state index is 13.5. The first-order valence-corrected chi connectivity index (χ1v) is 6.73. The van der Waals surface area contributed by atoms with E-state index in [4.69, 9.17) is 0 Å². The molecule has 0 saturated heterocycles. The van der Waals surface area contributed by atoms with Crippen molar-refractivity contribution >= 4 is 21.8 Å². The molecule has 0 N–H and O–H groups in total. The van der Waals surface area contributed by atoms with Crippen LogP contribution in [0.2, 0.25) is 0 Å². The third-order valence-electron chi connectivity index (χ3n) is 3.22. The molecule has 0 aromatic heterocycles. The molecular formula is C13H14BrF2NO. The van der Waals surface area contributed by atoms with Crippen molar-refractivity contribution in [2.75, 3.05) is 13.6 Å². The van der Waals surface area contributed by atoms with Crippen molar-refractivity contribution < 1.29 is 13.6 Å². The molecule has 0 heterocycles. The summed E-state index contributed by atoms with van der Waals surface area (Å²) in [7, 11) is 1.65. The minimum absolute atomic E-state index is 0.0754. The monoisotopic (exact) mass is 317 g/mol. The highest BCUT2D eigenvalue weighted by Crippen LogP contribution is 2.33. The van der Waals surface area contributed by atoms with Crippen LogP contribution in [0.5, 0.6) is 0 Å². The van der Waals surface area contributed by atoms with E-state index in [9.17, 15) is 13.6 Å². The number of rotatable bonds is 3. The Morgan fingerprint density at radius 3 is 2.67 bits per heavy atom. The quantitative estimate of drug-likeness (QED) is 0.784. The van der Waals surface area contributed by atoms with Crippen LogP contribution in [0, 0.1) is 17.6 Å². The molecule has 1 amide bonds. The summed E-state index contributed by atoms with van der Waals surface area (Å²) >= 11 is 3.49. The van der Waals surface area contributed by atoms with Crippen molar-refractivity contribution in [3.63, 3.8) is 0 Å². The molecule has 0 spiro atoms. The zero-order chi connectivity index (χ0) is 13.3. The fourth-order valence-electron chi connectivity index (χ4n) is 2.14. The van der Waals surface area contributed by atoms with E-state index in [1.165, 1.54) is 11.0 Å². The fraction of sp³-hybridized carbons (Fsp3) is 0.462. The maximum absolute atomic E-state index is 13.5. The summed E-state index contributed by atoms with van der Waals surface area (Å²) in [5.74, 6) is -1.41. The average molecular weight is 318 g/mol. The summed E-state index contributed by atoms with van der Waals surface area (Å²) in [6.07, 6.45) is 2.06. The molecule has 18 heavy (non-hydrogen) atoms. The first kappa shape index (κ1) is 13.5. The topological polar surface area (TPSA) is 20.3 Å². The van der Waals surface area contributed by atoms with E-state index < -0.39 is 17.5 Å². The minimum Gasteiger partial charge on any atom is -0.341 e. The number of halogens is 3. The Morgan fingerprint density at radius 1 is 1.44 bits per heavy atom. The molecule has 2 rings (SSSR count). The smallest absolute Gasteiger partial charge is 0.256 e. The zero-order valence-corrected chi connectivity index (χ0v) is 11.6. The number of hydrogen-bond donors (Lipinski definition) is 0. The van der Waals surface area contributed by atoms with Crippen molar-refractivity contribution in [3.8, 4) is 0 Å². The number of carbonyl (C=O) groups excluding carboxylic acids is 1. The van der Waals surface area contributed by atoms with Gasteiger partial charge in [0.1, 0.15) is 11.6 Å². The molecule has 0 bridgehead atoms. The predicted octanol–water partition coefficient (Wildman–Crippen LogP) is 3.21. The SMILES string of the molecule is CN(CC1CC(Br)C1)C(=O)c1ccc(F)cc1F. The molecular weight excluding hydrogens is 304 g/mol. The maximum Gasteiger partial charge on any atom is 0.256 e. The predicted molar refractivity (Wildman–Crippen MR) is 68.8 cm³/mol. The van der Waals surface area contributed by atoms with Gasteiger partial charge in [-0.25, -0.2) is 8.78 Å². The molecule has 5 heteroatoms. The van der Waals surface area contributed by atoms with Crippen LogP contribution in [0.15, 0.2) is 18.2 Å². The van der Waals surface area contributed by atoms with E-state index >= 15 is 0 Å². The molecule has 0 unspecified atom stereocenters. The van der Waals surface area contributed by atoms with Gasteiger partial charge in [-0.1, -0.05) is 15.9 Å². The number of carbonyl (C=O) groups is 1. The Balaban J connectivity index is 2.01. The molecule has 1 saturated carbocycles. The summed E-state index contributed by atoms with van der Waals surface area (Å²) in [4.78, 5) is 14.0. The van der Waals surface area contributed by atoms with E-state index in [0.717, 1.165) is 25.0 Å². The second kappa shape index (κ2) is 5.34. The van der Waals surface area contributed by atoms with Crippen molar-refractivity contribution in [1.82, 2.24) is 4.90 Å². The summed E-state index contributed by atoms with van der Waals surface area (Å²) in [5, 5.41) is 0. The Labute approximate surface area is 113 Å². The summed E-state index contributed by atoms with van der Waals surface area (Å²) in [5.41, 5.74) is -0.0754. The normalized spacial score (nSPS) is 22.4. The lowest BCUT2D eigenvalue weighted by atomic mass is 9.85. The van der Waals surface area contributed by atoms with Crippen LogP contribution >= 0.6 is 15.9 Å². The molecule has 1 aliphatic carbocycles. The van der Waals surface area contributed by atoms with Gasteiger partial charge in [0, 0.05) is 24.5 Å². The van der Waals surface area contributed by atoms with Crippen LogP contribution in [0.1, 0.15) is 23.2 Å². The number of hydrogen-bond acceptors (Lipinski definition) is 1. The highest BCUT2D eigenvalue weighted by Gasteiger charge is 2.29. The molecule has 1 aromatic rings. The van der Waals surface area contributed by atoms with Gasteiger partial charge in [-0.2, -0.15) is 0 Å². The number of benzene rings is 1. The van der Waals surface area contributed by atoms with Crippen LogP contribution in [0.3, 0.4) is 0 Å². The van der Waals surface area contributed by atoms with Crippen molar-refractivity contribution in [3.05, 3.63) is 35.4 Å². The van der Waals surface area contributed by atoms with Crippen LogP contribution in [0.25, 0.3) is 0 Å². The van der Waals surface area contributed by atoms with Crippen LogP contribution < -0.4 is 0 Å². The number of alkyl halides is 1. The Bertz CT molecular complexity index is 460. The molecule has 0 aliphatic heterocycles. The van der Waals surface area contributed by atoms with Gasteiger partial charge in [0.15, 0.2) is 0 Å². The Morgan fingerprint density at radius 2 is 2.11 bits per heavy atom. The van der Waals surface area contributed by atoms with Crippen molar-refractivity contribution in [2.45, 2.75) is 17.7 Å². The van der Waals surface area contributed by atoms with E-state index in [0.29, 0.717) is 17.3 Å². The second-order valence-electron chi connectivity index (χ2n) is 4.74. The lowest BCUT2D eigenvalue weighted by Gasteiger charge is -2.34. The second-order valence-corrected chi connectivity index (χ2v) is 6.04. The van der Waals surface area contributed by atoms with E-state index in [1.807, 2.05) is 0 Å². The average Bonchev–Trinajstić information content (AvgIpc) is 2.26. The van der Waals surface area contributed by atoms with Crippen LogP contribution in [-0.2, 0) is 0 Å². The summed E-state index contributed by atoms with van der Waals surface area (Å²) in [6.45, 7) is 0.609. The molecule has 1 fully saturated rings. The van der Waals surface area contributed by atoms with Crippen LogP contribution in [-0.4, -0.2) is 29.2 Å². The third-order valence-corrected chi connectivity index (χ3v) is 3.97. The Kier molecular flexibility index (Phi) is 4.00. The van der Waals surface area contributed by atoms with Gasteiger partial charge in [-0.05, 0) is 30.9 Å². The summed E-state index contributed by atoms with van der Waals surface area (Å²) in [6, 6.07) is 3.03. The molecule has 0 atom stereocenters. The van der Waals surface area contributed by atoms with E-state index in [2.05, 4.69) is 15.9 Å². The number of amides is 1. The third kappa shape index (κ3) is 2.88. The van der Waals surface area contributed by atoms with Crippen molar-refractivity contribution in [2.24, 2.45) is 5.92 Å². The minimum atomic E-state index is -0.807. The van der Waals surface area contributed by atoms with Crippen molar-refractivity contribution in [1.29, 1.82) is 0 Å². The highest BCUT2D eigenvalue weighted by atomic mass is 79.9. The Hall–Kier alpha value is -0.970. The van der Waals surface area contributed by atoms with E-state index in [1.54, 1.807) is 7.05 Å². The lowest BCUT2D eigenvalue weighted by Crippen LogP contribution is -2.38. The lowest BCUT2D eigenvalue weighted by molar-refractivity contribution is 0.0744. The molecule has 1 aliphatic rings. The molecule has 2 nitrogen and oxygen atoms in total. The first-order chi connectivity index (χ1) is 8.47. The fourth-order valence-corrected chi connectivity index (χ4v) is 3.20. The van der Waals surface area contributed by atoms with E-state index in [-0.39, 0.29) is 5.56 Å². The van der Waals surface area contributed by atoms with Gasteiger partial charge in [0.25, 0.3) is 5.91 Å². The van der Waals surface area contributed by atoms with Gasteiger partial charge in [-0.15, -0.1) is 0 Å². The largest absolute Gasteiger partial charge is 0.341 e. The van der Waals surface area contributed by atoms with Gasteiger partial charge < -0.3 is 4.90 Å². The molecule has 1 aromatic carbocycles. The summed E-state index contributed by atoms with van der Waals surface area (Å²) < 4.78 is 26.2. The molecule has 0 radical (unpaired) electrons. The van der Waals surface area contributed by atoms with Gasteiger partial charge in [0.2, 0.25) is 0 Å². The van der Waals surface area contributed by atoms with Gasteiger partial charge >= 0.3 is 0 Å².